The van der Waals surface area contributed by atoms with Crippen LogP contribution < -0.4 is 0 Å². The molecule has 7 rings (SSSR count). The van der Waals surface area contributed by atoms with Crippen molar-refractivity contribution in [2.75, 3.05) is 26.7 Å². The lowest BCUT2D eigenvalue weighted by molar-refractivity contribution is 0.0289. The molecule has 0 bridgehead atoms. The number of carbonyl (C=O) groups is 2. The van der Waals surface area contributed by atoms with Crippen LogP contribution in [-0.2, 0) is 22.5 Å². The zero-order valence-electron chi connectivity index (χ0n) is 31.8. The summed E-state index contributed by atoms with van der Waals surface area (Å²) in [6.45, 7) is 5.46. The minimum atomic E-state index is -1.29. The summed E-state index contributed by atoms with van der Waals surface area (Å²) in [7, 11) is 1.29. The van der Waals surface area contributed by atoms with Gasteiger partial charge in [-0.25, -0.2) is 27.7 Å². The number of ether oxygens (including phenoxy) is 2. The molecular weight excluding hydrogens is 782 g/mol. The first kappa shape index (κ1) is 40.2. The number of fused-ring (bicyclic) bond motifs is 3. The molecule has 2 aromatic heterocycles. The number of aliphatic hydroxyl groups excluding tert-OH is 1. The Kier molecular flexibility index (Phi) is 11.1. The van der Waals surface area contributed by atoms with Crippen molar-refractivity contribution in [1.82, 2.24) is 19.4 Å². The fraction of sp³-hybridized carbons (Fsp3) is 0.381. The Hall–Kier alpha value is -5.03. The van der Waals surface area contributed by atoms with E-state index < -0.39 is 53.9 Å². The van der Waals surface area contributed by atoms with Crippen molar-refractivity contribution in [2.45, 2.75) is 77.2 Å². The van der Waals surface area contributed by atoms with Crippen molar-refractivity contribution in [1.29, 1.82) is 5.26 Å². The summed E-state index contributed by atoms with van der Waals surface area (Å²) in [5, 5.41) is 20.3. The van der Waals surface area contributed by atoms with Gasteiger partial charge in [-0.2, -0.15) is 5.26 Å². The van der Waals surface area contributed by atoms with E-state index in [1.165, 1.54) is 19.2 Å². The quantitative estimate of drug-likeness (QED) is 0.174. The monoisotopic (exact) mass is 821 g/mol. The third-order valence-corrected chi connectivity index (χ3v) is 11.4. The van der Waals surface area contributed by atoms with Crippen LogP contribution in [0.3, 0.4) is 0 Å². The average Bonchev–Trinajstić information content (AvgIpc) is 3.94. The van der Waals surface area contributed by atoms with Crippen LogP contribution in [0.1, 0.15) is 75.4 Å². The maximum atomic E-state index is 17.6. The van der Waals surface area contributed by atoms with Gasteiger partial charge in [0.25, 0.3) is 0 Å². The Morgan fingerprint density at radius 1 is 0.982 bits per heavy atom. The molecular formula is C42H40Cl2F3N5O5. The lowest BCUT2D eigenvalue weighted by Gasteiger charge is -2.28. The molecule has 2 saturated heterocycles. The van der Waals surface area contributed by atoms with Crippen LogP contribution >= 0.6 is 23.2 Å². The minimum absolute atomic E-state index is 0.0301. The molecule has 57 heavy (non-hydrogen) atoms. The average molecular weight is 823 g/mol. The van der Waals surface area contributed by atoms with Crippen LogP contribution in [0.2, 0.25) is 10.0 Å². The second-order valence-electron chi connectivity index (χ2n) is 15.3. The third kappa shape index (κ3) is 7.24. The number of likely N-dealkylation sites (tertiary alicyclic amines) is 2. The number of aliphatic hydroxyl groups is 1. The SMILES string of the molecule is COC(=O)N1CCCC1c1cc2c(-c3ccc(CO)c(F)c3F)nc3c(F)c(-c4cccc(Cl)c4Cl)c(CCC#N)cc3c2n1C1CCN(C(=O)OC(C)(C)C)C1. The van der Waals surface area contributed by atoms with E-state index in [0.717, 1.165) is 0 Å². The van der Waals surface area contributed by atoms with Gasteiger partial charge >= 0.3 is 12.2 Å². The molecule has 2 unspecified atom stereocenters. The lowest BCUT2D eigenvalue weighted by Crippen LogP contribution is -2.36. The Bertz CT molecular complexity index is 2480. The fourth-order valence-corrected chi connectivity index (χ4v) is 8.53. The number of aromatic nitrogens is 2. The van der Waals surface area contributed by atoms with E-state index >= 15 is 13.2 Å². The molecule has 0 saturated carbocycles. The first-order chi connectivity index (χ1) is 27.2. The normalized spacial score (nSPS) is 17.1. The molecule has 15 heteroatoms. The van der Waals surface area contributed by atoms with E-state index in [9.17, 15) is 20.0 Å². The van der Waals surface area contributed by atoms with Gasteiger partial charge in [0.05, 0.1) is 53.1 Å². The molecule has 2 aliphatic heterocycles. The first-order valence-electron chi connectivity index (χ1n) is 18.6. The number of carbonyl (C=O) groups excluding carboxylic acids is 2. The van der Waals surface area contributed by atoms with Crippen LogP contribution in [0, 0.1) is 28.8 Å². The van der Waals surface area contributed by atoms with Gasteiger partial charge in [0.1, 0.15) is 11.1 Å². The van der Waals surface area contributed by atoms with Crippen LogP contribution in [0.15, 0.2) is 42.5 Å². The highest BCUT2D eigenvalue weighted by molar-refractivity contribution is 6.43. The number of amides is 2. The molecule has 0 aliphatic carbocycles. The molecule has 4 heterocycles. The molecule has 2 atom stereocenters. The number of pyridine rings is 1. The standard InChI is InChI=1S/C42H40Cl2F3N5O5/c1-42(2,3)57-40(54)50-17-14-24(20-50)52-31(30-11-7-16-51(30)41(55)56-4)19-28-37(26-13-12-23(21-53)34(45)35(26)46)49-38-27(39(28)52)18-22(8-6-15-48)32(36(38)47)25-9-5-10-29(43)33(25)44/h5,9-10,12-13,18-19,24,30,53H,6-8,11,14,16-17,20-21H2,1-4H3. The summed E-state index contributed by atoms with van der Waals surface area (Å²) in [5.41, 5.74) is 0.150. The number of nitrogens with zero attached hydrogens (tertiary/aromatic N) is 5. The second-order valence-corrected chi connectivity index (χ2v) is 16.1. The Labute approximate surface area is 337 Å². The van der Waals surface area contributed by atoms with Crippen LogP contribution in [-0.4, -0.2) is 69.0 Å². The molecule has 3 aromatic carbocycles. The number of halogens is 5. The zero-order valence-corrected chi connectivity index (χ0v) is 33.3. The summed E-state index contributed by atoms with van der Waals surface area (Å²) in [4.78, 5) is 34.5. The van der Waals surface area contributed by atoms with Crippen molar-refractivity contribution in [2.24, 2.45) is 0 Å². The predicted molar refractivity (Wildman–Crippen MR) is 210 cm³/mol. The largest absolute Gasteiger partial charge is 0.453 e. The highest BCUT2D eigenvalue weighted by Crippen LogP contribution is 2.47. The van der Waals surface area contributed by atoms with Crippen molar-refractivity contribution in [3.63, 3.8) is 0 Å². The molecule has 2 aliphatic rings. The lowest BCUT2D eigenvalue weighted by atomic mass is 9.92. The van der Waals surface area contributed by atoms with Crippen molar-refractivity contribution < 1.29 is 37.3 Å². The number of aryl methyl sites for hydroxylation is 1. The van der Waals surface area contributed by atoms with Gasteiger partial charge in [0.2, 0.25) is 0 Å². The van der Waals surface area contributed by atoms with Gasteiger partial charge in [-0.05, 0) is 76.3 Å². The van der Waals surface area contributed by atoms with E-state index in [1.807, 2.05) is 4.57 Å². The topological polar surface area (TPSA) is 121 Å². The highest BCUT2D eigenvalue weighted by atomic mass is 35.5. The number of nitriles is 1. The maximum absolute atomic E-state index is 17.6. The van der Waals surface area contributed by atoms with Gasteiger partial charge in [-0.3, -0.25) is 4.90 Å². The number of rotatable bonds is 7. The van der Waals surface area contributed by atoms with Gasteiger partial charge in [0, 0.05) is 64.8 Å². The summed E-state index contributed by atoms with van der Waals surface area (Å²) in [5.74, 6) is -3.39. The summed E-state index contributed by atoms with van der Waals surface area (Å²) < 4.78 is 62.1. The Morgan fingerprint density at radius 3 is 2.46 bits per heavy atom. The number of hydrogen-bond acceptors (Lipinski definition) is 7. The molecule has 2 fully saturated rings. The zero-order chi connectivity index (χ0) is 40.9. The van der Waals surface area contributed by atoms with E-state index in [2.05, 4.69) is 6.07 Å². The van der Waals surface area contributed by atoms with E-state index in [1.54, 1.807) is 60.9 Å². The minimum Gasteiger partial charge on any atom is -0.453 e. The van der Waals surface area contributed by atoms with E-state index in [0.29, 0.717) is 59.9 Å². The van der Waals surface area contributed by atoms with Gasteiger partial charge in [-0.1, -0.05) is 41.4 Å². The molecule has 298 valence electrons. The molecule has 0 spiro atoms. The van der Waals surface area contributed by atoms with Crippen molar-refractivity contribution in [3.05, 3.63) is 86.8 Å². The summed E-state index contributed by atoms with van der Waals surface area (Å²) in [6, 6.07) is 12.0. The van der Waals surface area contributed by atoms with Crippen LogP contribution in [0.4, 0.5) is 22.8 Å². The predicted octanol–water partition coefficient (Wildman–Crippen LogP) is 10.3. The van der Waals surface area contributed by atoms with Crippen molar-refractivity contribution in [3.8, 4) is 28.5 Å². The first-order valence-corrected chi connectivity index (χ1v) is 19.4. The molecule has 2 amide bonds. The fourth-order valence-electron chi connectivity index (χ4n) is 8.13. The van der Waals surface area contributed by atoms with Crippen molar-refractivity contribution >= 4 is 57.2 Å². The van der Waals surface area contributed by atoms with Gasteiger partial charge in [-0.15, -0.1) is 0 Å². The Balaban J connectivity index is 1.61. The van der Waals surface area contributed by atoms with Gasteiger partial charge in [0.15, 0.2) is 17.5 Å². The van der Waals surface area contributed by atoms with Crippen LogP contribution in [0.5, 0.6) is 0 Å². The van der Waals surface area contributed by atoms with Gasteiger partial charge < -0.3 is 24.0 Å². The molecule has 1 N–H and O–H groups in total. The summed E-state index contributed by atoms with van der Waals surface area (Å²) in [6.07, 6.45) is 0.691. The molecule has 5 aromatic rings. The smallest absolute Gasteiger partial charge is 0.410 e. The van der Waals surface area contributed by atoms with E-state index in [4.69, 9.17) is 37.7 Å². The number of benzene rings is 3. The molecule has 10 nitrogen and oxygen atoms in total. The van der Waals surface area contributed by atoms with Crippen LogP contribution in [0.25, 0.3) is 44.2 Å². The second kappa shape index (κ2) is 15.7. The highest BCUT2D eigenvalue weighted by Gasteiger charge is 2.39. The Morgan fingerprint density at radius 2 is 1.75 bits per heavy atom. The molecule has 0 radical (unpaired) electrons. The summed E-state index contributed by atoms with van der Waals surface area (Å²) >= 11 is 13.1. The third-order valence-electron chi connectivity index (χ3n) is 10.6. The number of hydrogen-bond donors (Lipinski definition) is 1. The maximum Gasteiger partial charge on any atom is 0.410 e. The number of methoxy groups -OCH3 is 1. The van der Waals surface area contributed by atoms with E-state index in [-0.39, 0.29) is 62.9 Å².